The van der Waals surface area contributed by atoms with Gasteiger partial charge in [0, 0.05) is 12.1 Å². The van der Waals surface area contributed by atoms with E-state index < -0.39 is 35.5 Å². The van der Waals surface area contributed by atoms with Crippen molar-refractivity contribution in [3.8, 4) is 0 Å². The molecule has 1 aliphatic heterocycles. The molecule has 3 aliphatic rings. The van der Waals surface area contributed by atoms with Crippen molar-refractivity contribution in [1.29, 1.82) is 0 Å². The van der Waals surface area contributed by atoms with Gasteiger partial charge in [0.15, 0.2) is 0 Å². The van der Waals surface area contributed by atoms with E-state index in [1.165, 1.54) is 24.3 Å². The highest BCUT2D eigenvalue weighted by Gasteiger charge is 2.60. The second kappa shape index (κ2) is 6.00. The Morgan fingerprint density at radius 1 is 1.12 bits per heavy atom. The summed E-state index contributed by atoms with van der Waals surface area (Å²) in [5.41, 5.74) is 0.167. The van der Waals surface area contributed by atoms with E-state index in [2.05, 4.69) is 0 Å². The number of non-ortho nitro benzene ring substituents is 1. The molecule has 6 atom stereocenters. The lowest BCUT2D eigenvalue weighted by Crippen LogP contribution is -2.47. The van der Waals surface area contributed by atoms with Crippen LogP contribution in [0.1, 0.15) is 18.1 Å². The van der Waals surface area contributed by atoms with Crippen LogP contribution in [0, 0.1) is 33.8 Å². The number of nitrogens with zero attached hydrogens (tertiary/aromatic N) is 2. The fourth-order valence-corrected chi connectivity index (χ4v) is 4.59. The number of fused-ring (bicyclic) bond motifs is 5. The van der Waals surface area contributed by atoms with E-state index in [1.54, 1.807) is 0 Å². The van der Waals surface area contributed by atoms with Crippen molar-refractivity contribution < 1.29 is 24.7 Å². The summed E-state index contributed by atoms with van der Waals surface area (Å²) in [6.07, 6.45) is 3.43. The molecular formula is C18H18N2O6. The third-order valence-corrected chi connectivity index (χ3v) is 5.83. The quantitative estimate of drug-likeness (QED) is 0.347. The zero-order valence-electron chi connectivity index (χ0n) is 13.8. The van der Waals surface area contributed by atoms with Gasteiger partial charge in [-0.1, -0.05) is 12.2 Å². The fraction of sp³-hybridized carbons (Fsp3) is 0.444. The molecule has 8 nitrogen and oxygen atoms in total. The Morgan fingerprint density at radius 2 is 1.65 bits per heavy atom. The second-order valence-corrected chi connectivity index (χ2v) is 7.09. The molecule has 0 radical (unpaired) electrons. The number of nitro groups is 1. The Labute approximate surface area is 148 Å². The highest BCUT2D eigenvalue weighted by molar-refractivity contribution is 6.06. The van der Waals surface area contributed by atoms with E-state index in [1.807, 2.05) is 12.2 Å². The first-order chi connectivity index (χ1) is 12.4. The summed E-state index contributed by atoms with van der Waals surface area (Å²) >= 11 is 0. The van der Waals surface area contributed by atoms with E-state index in [0.29, 0.717) is 5.56 Å². The van der Waals surface area contributed by atoms with Gasteiger partial charge in [0.2, 0.25) is 11.8 Å². The number of aliphatic hydroxyl groups excluding tert-OH is 2. The van der Waals surface area contributed by atoms with Crippen LogP contribution in [-0.4, -0.2) is 44.5 Å². The van der Waals surface area contributed by atoms with Crippen LogP contribution in [0.3, 0.4) is 0 Å². The van der Waals surface area contributed by atoms with Gasteiger partial charge in [-0.3, -0.25) is 24.6 Å². The number of aliphatic hydroxyl groups is 2. The maximum Gasteiger partial charge on any atom is 0.269 e. The topological polar surface area (TPSA) is 121 Å². The van der Waals surface area contributed by atoms with Gasteiger partial charge in [-0.05, 0) is 36.0 Å². The van der Waals surface area contributed by atoms with Crippen molar-refractivity contribution in [2.45, 2.75) is 18.6 Å². The largest absolute Gasteiger partial charge is 0.394 e. The Hall–Kier alpha value is -2.58. The maximum atomic E-state index is 12.8. The van der Waals surface area contributed by atoms with Crippen LogP contribution >= 0.6 is 0 Å². The van der Waals surface area contributed by atoms with Crippen LogP contribution in [0.2, 0.25) is 0 Å². The summed E-state index contributed by atoms with van der Waals surface area (Å²) in [6.45, 7) is -0.585. The minimum absolute atomic E-state index is 0.0438. The predicted molar refractivity (Wildman–Crippen MR) is 88.5 cm³/mol. The van der Waals surface area contributed by atoms with Crippen LogP contribution in [0.4, 0.5) is 5.69 Å². The lowest BCUT2D eigenvalue weighted by molar-refractivity contribution is -0.384. The van der Waals surface area contributed by atoms with Gasteiger partial charge in [0.25, 0.3) is 5.69 Å². The first-order valence-corrected chi connectivity index (χ1v) is 8.52. The number of amides is 2. The van der Waals surface area contributed by atoms with Gasteiger partial charge in [-0.25, -0.2) is 0 Å². The summed E-state index contributed by atoms with van der Waals surface area (Å²) in [4.78, 5) is 36.8. The highest BCUT2D eigenvalue weighted by Crippen LogP contribution is 2.53. The summed E-state index contributed by atoms with van der Waals surface area (Å²) in [5.74, 6) is -1.43. The number of allylic oxidation sites excluding steroid dienone is 2. The number of benzene rings is 1. The van der Waals surface area contributed by atoms with Gasteiger partial charge in [-0.15, -0.1) is 0 Å². The summed E-state index contributed by atoms with van der Waals surface area (Å²) in [5, 5.41) is 31.1. The number of carbonyl (C=O) groups excluding carboxylic acids is 2. The van der Waals surface area contributed by atoms with Crippen LogP contribution in [0.15, 0.2) is 36.4 Å². The molecule has 1 saturated heterocycles. The molecule has 1 heterocycles. The monoisotopic (exact) mass is 358 g/mol. The molecule has 0 unspecified atom stereocenters. The lowest BCUT2D eigenvalue weighted by atomic mass is 9.85. The van der Waals surface area contributed by atoms with Gasteiger partial charge < -0.3 is 10.2 Å². The molecule has 26 heavy (non-hydrogen) atoms. The molecule has 2 fully saturated rings. The summed E-state index contributed by atoms with van der Waals surface area (Å²) < 4.78 is 0. The molecule has 0 aromatic heterocycles. The van der Waals surface area contributed by atoms with E-state index in [4.69, 9.17) is 0 Å². The minimum atomic E-state index is -1.32. The molecule has 2 aliphatic carbocycles. The summed E-state index contributed by atoms with van der Waals surface area (Å²) in [7, 11) is 0. The van der Waals surface area contributed by atoms with E-state index in [-0.39, 0.29) is 29.3 Å². The Bertz CT molecular complexity index is 774. The van der Waals surface area contributed by atoms with Gasteiger partial charge in [0.1, 0.15) is 6.10 Å². The maximum absolute atomic E-state index is 12.8. The number of hydrogen-bond donors (Lipinski definition) is 2. The molecule has 2 amide bonds. The molecule has 1 aromatic carbocycles. The minimum Gasteiger partial charge on any atom is -0.394 e. The molecule has 0 spiro atoms. The number of likely N-dealkylation sites (tertiary alicyclic amines) is 1. The van der Waals surface area contributed by atoms with E-state index in [0.717, 1.165) is 11.3 Å². The third kappa shape index (κ3) is 2.29. The van der Waals surface area contributed by atoms with Crippen LogP contribution in [0.5, 0.6) is 0 Å². The molecular weight excluding hydrogens is 340 g/mol. The predicted octanol–water partition coefficient (Wildman–Crippen LogP) is 0.796. The van der Waals surface area contributed by atoms with Crippen molar-refractivity contribution in [2.75, 3.05) is 6.61 Å². The molecule has 2 bridgehead atoms. The molecule has 2 N–H and O–H groups in total. The second-order valence-electron chi connectivity index (χ2n) is 7.09. The number of carbonyl (C=O) groups is 2. The molecule has 1 aromatic rings. The first kappa shape index (κ1) is 16.9. The lowest BCUT2D eigenvalue weighted by Gasteiger charge is -2.30. The average Bonchev–Trinajstić information content (AvgIpc) is 3.31. The van der Waals surface area contributed by atoms with Gasteiger partial charge in [0.05, 0.1) is 29.4 Å². The highest BCUT2D eigenvalue weighted by atomic mass is 16.6. The Balaban J connectivity index is 1.60. The van der Waals surface area contributed by atoms with Crippen molar-refractivity contribution in [3.05, 3.63) is 52.1 Å². The molecule has 136 valence electrons. The van der Waals surface area contributed by atoms with Crippen LogP contribution < -0.4 is 0 Å². The van der Waals surface area contributed by atoms with Crippen LogP contribution in [0.25, 0.3) is 0 Å². The van der Waals surface area contributed by atoms with Crippen molar-refractivity contribution in [2.24, 2.45) is 23.7 Å². The average molecular weight is 358 g/mol. The van der Waals surface area contributed by atoms with E-state index in [9.17, 15) is 29.9 Å². The normalized spacial score (nSPS) is 31.4. The first-order valence-electron chi connectivity index (χ1n) is 8.52. The number of hydrogen-bond acceptors (Lipinski definition) is 6. The fourth-order valence-electron chi connectivity index (χ4n) is 4.59. The number of nitro benzene ring substituents is 1. The van der Waals surface area contributed by atoms with Gasteiger partial charge in [-0.2, -0.15) is 0 Å². The third-order valence-electron chi connectivity index (χ3n) is 5.83. The number of imide groups is 1. The molecule has 4 rings (SSSR count). The molecule has 8 heteroatoms. The standard InChI is InChI=1S/C18H18N2O6/c21-8-13(16(22)9-3-5-12(6-4-9)20(25)26)19-17(23)14-10-1-2-11(7-10)15(14)18(19)24/h1-6,10-11,13-16,21-22H,7-8H2/t10-,11-,13+,14-,15+,16-/m0/s1. The summed E-state index contributed by atoms with van der Waals surface area (Å²) in [6, 6.07) is 4.09. The SMILES string of the molecule is O=C1[C@@H]2[C@H](C(=O)N1[C@H](CO)[C@@H](O)c1ccc([N+](=O)[O-])cc1)[C@H]1C=C[C@H]2C1. The van der Waals surface area contributed by atoms with E-state index >= 15 is 0 Å². The Morgan fingerprint density at radius 3 is 2.12 bits per heavy atom. The zero-order valence-corrected chi connectivity index (χ0v) is 13.8. The van der Waals surface area contributed by atoms with Crippen molar-refractivity contribution in [1.82, 2.24) is 4.90 Å². The zero-order chi connectivity index (χ0) is 18.6. The number of rotatable bonds is 5. The van der Waals surface area contributed by atoms with Crippen LogP contribution in [-0.2, 0) is 9.59 Å². The van der Waals surface area contributed by atoms with Crippen molar-refractivity contribution >= 4 is 17.5 Å². The molecule has 1 saturated carbocycles. The van der Waals surface area contributed by atoms with Gasteiger partial charge >= 0.3 is 0 Å². The van der Waals surface area contributed by atoms with Crippen molar-refractivity contribution in [3.63, 3.8) is 0 Å². The Kier molecular flexibility index (Phi) is 3.89. The smallest absolute Gasteiger partial charge is 0.269 e.